The van der Waals surface area contributed by atoms with E-state index in [1.54, 1.807) is 17.7 Å². The Balaban J connectivity index is 1.56. The molecule has 2 N–H and O–H groups in total. The zero-order valence-electron chi connectivity index (χ0n) is 16.0. The molecule has 2 amide bonds. The summed E-state index contributed by atoms with van der Waals surface area (Å²) in [4.78, 5) is 24.2. The second-order valence-electron chi connectivity index (χ2n) is 6.20. The van der Waals surface area contributed by atoms with E-state index in [4.69, 9.17) is 0 Å². The second-order valence-corrected chi connectivity index (χ2v) is 8.00. The van der Waals surface area contributed by atoms with Gasteiger partial charge in [-0.05, 0) is 34.1 Å². The Morgan fingerprint density at radius 3 is 2.58 bits per heavy atom. The molecule has 3 aromatic rings. The first-order valence-corrected chi connectivity index (χ1v) is 10.5. The summed E-state index contributed by atoms with van der Waals surface area (Å²) in [5, 5.41) is 13.2. The molecule has 0 aliphatic carbocycles. The third-order valence-corrected chi connectivity index (χ3v) is 5.70. The quantitative estimate of drug-likeness (QED) is 0.470. The van der Waals surface area contributed by atoms with Crippen LogP contribution in [0.4, 0.5) is 18.9 Å². The molecule has 0 fully saturated rings. The minimum absolute atomic E-state index is 0.00282. The number of thioether (sulfide) groups is 1. The topological polar surface area (TPSA) is 88.9 Å². The number of benzene rings is 2. The molecule has 12 heteroatoms. The van der Waals surface area contributed by atoms with Gasteiger partial charge in [0.1, 0.15) is 11.6 Å². The number of aromatic nitrogens is 3. The Hall–Kier alpha value is -2.86. The molecular formula is C19H15BrF3N5O2S. The van der Waals surface area contributed by atoms with Gasteiger partial charge in [-0.2, -0.15) is 0 Å². The van der Waals surface area contributed by atoms with E-state index in [9.17, 15) is 22.8 Å². The first-order valence-electron chi connectivity index (χ1n) is 8.74. The van der Waals surface area contributed by atoms with Crippen molar-refractivity contribution >= 4 is 45.2 Å². The second kappa shape index (κ2) is 9.96. The van der Waals surface area contributed by atoms with Crippen molar-refractivity contribution in [3.8, 4) is 0 Å². The lowest BCUT2D eigenvalue weighted by atomic mass is 10.2. The van der Waals surface area contributed by atoms with Gasteiger partial charge in [-0.15, -0.1) is 10.2 Å². The third kappa shape index (κ3) is 5.64. The van der Waals surface area contributed by atoms with Crippen molar-refractivity contribution in [3.63, 3.8) is 0 Å². The number of nitrogens with one attached hydrogen (secondary N) is 2. The van der Waals surface area contributed by atoms with Crippen molar-refractivity contribution in [1.29, 1.82) is 0 Å². The van der Waals surface area contributed by atoms with Crippen molar-refractivity contribution in [2.45, 2.75) is 11.7 Å². The molecule has 0 aliphatic rings. The van der Waals surface area contributed by atoms with Gasteiger partial charge >= 0.3 is 0 Å². The van der Waals surface area contributed by atoms with Crippen molar-refractivity contribution < 1.29 is 22.8 Å². The largest absolute Gasteiger partial charge is 0.345 e. The van der Waals surface area contributed by atoms with Crippen LogP contribution < -0.4 is 10.6 Å². The molecule has 3 rings (SSSR count). The van der Waals surface area contributed by atoms with Crippen LogP contribution in [-0.2, 0) is 18.4 Å². The SMILES string of the molecule is Cn1c(CNC(=O)c2ccccc2F)nnc1SCC(=O)Nc1c(F)cc(F)cc1Br. The maximum atomic E-state index is 13.8. The van der Waals surface area contributed by atoms with Crippen molar-refractivity contribution in [2.24, 2.45) is 7.05 Å². The Morgan fingerprint density at radius 2 is 1.87 bits per heavy atom. The molecule has 1 aromatic heterocycles. The molecule has 7 nitrogen and oxygen atoms in total. The van der Waals surface area contributed by atoms with Gasteiger partial charge in [-0.3, -0.25) is 9.59 Å². The standard InChI is InChI=1S/C19H15BrF3N5O2S/c1-28-15(8-24-18(30)11-4-2-3-5-13(11)22)26-27-19(28)31-9-16(29)25-17-12(20)6-10(21)7-14(17)23/h2-7H,8-9H2,1H3,(H,24,30)(H,25,29). The van der Waals surface area contributed by atoms with Crippen LogP contribution in [0.25, 0.3) is 0 Å². The Bertz CT molecular complexity index is 1120. The number of amides is 2. The van der Waals surface area contributed by atoms with Crippen LogP contribution >= 0.6 is 27.7 Å². The van der Waals surface area contributed by atoms with Crippen molar-refractivity contribution in [1.82, 2.24) is 20.1 Å². The molecule has 0 bridgehead atoms. The summed E-state index contributed by atoms with van der Waals surface area (Å²) in [6.07, 6.45) is 0. The highest BCUT2D eigenvalue weighted by atomic mass is 79.9. The molecule has 0 aliphatic heterocycles. The van der Waals surface area contributed by atoms with Crippen LogP contribution in [0, 0.1) is 17.5 Å². The summed E-state index contributed by atoms with van der Waals surface area (Å²) in [5.74, 6) is -3.17. The van der Waals surface area contributed by atoms with Crippen LogP contribution in [0.3, 0.4) is 0 Å². The molecule has 0 unspecified atom stereocenters. The number of hydrogen-bond donors (Lipinski definition) is 2. The van der Waals surface area contributed by atoms with E-state index in [0.29, 0.717) is 17.0 Å². The molecule has 1 heterocycles. The van der Waals surface area contributed by atoms with Crippen LogP contribution in [0.2, 0.25) is 0 Å². The van der Waals surface area contributed by atoms with E-state index in [1.807, 2.05) is 0 Å². The molecule has 0 atom stereocenters. The highest BCUT2D eigenvalue weighted by molar-refractivity contribution is 9.10. The first kappa shape index (κ1) is 22.8. The summed E-state index contributed by atoms with van der Waals surface area (Å²) < 4.78 is 42.3. The molecule has 0 spiro atoms. The summed E-state index contributed by atoms with van der Waals surface area (Å²) in [6, 6.07) is 7.29. The fourth-order valence-corrected chi connectivity index (χ4v) is 3.73. The summed E-state index contributed by atoms with van der Waals surface area (Å²) in [6.45, 7) is -0.00282. The van der Waals surface area contributed by atoms with Gasteiger partial charge in [0.15, 0.2) is 16.8 Å². The number of hydrogen-bond acceptors (Lipinski definition) is 5. The average Bonchev–Trinajstić information content (AvgIpc) is 3.07. The number of halogens is 4. The zero-order chi connectivity index (χ0) is 22.5. The van der Waals surface area contributed by atoms with Crippen LogP contribution in [0.5, 0.6) is 0 Å². The van der Waals surface area contributed by atoms with Gasteiger partial charge in [0.05, 0.1) is 23.5 Å². The van der Waals surface area contributed by atoms with Crippen LogP contribution in [0.15, 0.2) is 46.0 Å². The zero-order valence-corrected chi connectivity index (χ0v) is 18.4. The molecule has 162 valence electrons. The number of nitrogens with zero attached hydrogens (tertiary/aromatic N) is 3. The lowest BCUT2D eigenvalue weighted by Crippen LogP contribution is -2.25. The van der Waals surface area contributed by atoms with Crippen molar-refractivity contribution in [2.75, 3.05) is 11.1 Å². The van der Waals surface area contributed by atoms with Crippen molar-refractivity contribution in [3.05, 3.63) is 69.7 Å². The van der Waals surface area contributed by atoms with Gasteiger partial charge in [-0.25, -0.2) is 13.2 Å². The summed E-state index contributed by atoms with van der Waals surface area (Å²) in [7, 11) is 1.64. The lowest BCUT2D eigenvalue weighted by Gasteiger charge is -2.09. The van der Waals surface area contributed by atoms with E-state index >= 15 is 0 Å². The van der Waals surface area contributed by atoms with E-state index in [2.05, 4.69) is 36.8 Å². The van der Waals surface area contributed by atoms with Crippen LogP contribution in [-0.4, -0.2) is 32.3 Å². The molecule has 0 saturated carbocycles. The average molecular weight is 514 g/mol. The van der Waals surface area contributed by atoms with Gasteiger partial charge in [0, 0.05) is 17.6 Å². The number of carbonyl (C=O) groups is 2. The fraction of sp³-hybridized carbons (Fsp3) is 0.158. The molecule has 0 radical (unpaired) electrons. The minimum Gasteiger partial charge on any atom is -0.345 e. The smallest absolute Gasteiger partial charge is 0.254 e. The Kier molecular flexibility index (Phi) is 7.33. The van der Waals surface area contributed by atoms with E-state index in [-0.39, 0.29) is 28.0 Å². The molecule has 0 saturated heterocycles. The number of carbonyl (C=O) groups excluding carboxylic acids is 2. The fourth-order valence-electron chi connectivity index (χ4n) is 2.49. The Morgan fingerprint density at radius 1 is 1.13 bits per heavy atom. The molecule has 31 heavy (non-hydrogen) atoms. The number of rotatable bonds is 7. The normalized spacial score (nSPS) is 10.7. The first-order chi connectivity index (χ1) is 14.8. The summed E-state index contributed by atoms with van der Waals surface area (Å²) >= 11 is 4.04. The maximum Gasteiger partial charge on any atom is 0.254 e. The highest BCUT2D eigenvalue weighted by Gasteiger charge is 2.16. The predicted molar refractivity (Wildman–Crippen MR) is 112 cm³/mol. The highest BCUT2D eigenvalue weighted by Crippen LogP contribution is 2.27. The third-order valence-electron chi connectivity index (χ3n) is 4.05. The monoisotopic (exact) mass is 513 g/mol. The van der Waals surface area contributed by atoms with Gasteiger partial charge in [0.2, 0.25) is 5.91 Å². The summed E-state index contributed by atoms with van der Waals surface area (Å²) in [5.41, 5.74) is -0.253. The van der Waals surface area contributed by atoms with E-state index < -0.39 is 29.3 Å². The van der Waals surface area contributed by atoms with Gasteiger partial charge in [0.25, 0.3) is 5.91 Å². The van der Waals surface area contributed by atoms with Gasteiger partial charge in [-0.1, -0.05) is 23.9 Å². The van der Waals surface area contributed by atoms with Gasteiger partial charge < -0.3 is 15.2 Å². The maximum absolute atomic E-state index is 13.8. The van der Waals surface area contributed by atoms with E-state index in [0.717, 1.165) is 17.8 Å². The number of anilines is 1. The Labute approximate surface area is 187 Å². The molecular weight excluding hydrogens is 499 g/mol. The predicted octanol–water partition coefficient (Wildman–Crippen LogP) is 3.66. The van der Waals surface area contributed by atoms with Crippen LogP contribution in [0.1, 0.15) is 16.2 Å². The molecule has 2 aromatic carbocycles. The lowest BCUT2D eigenvalue weighted by molar-refractivity contribution is -0.113. The van der Waals surface area contributed by atoms with E-state index in [1.165, 1.54) is 18.2 Å². The minimum atomic E-state index is -0.906.